The Kier molecular flexibility index (Phi) is 8.15. The third-order valence-electron chi connectivity index (χ3n) is 7.25. The number of rotatable bonds is 10. The Morgan fingerprint density at radius 1 is 1.19 bits per heavy atom. The molecule has 2 aliphatic rings. The fourth-order valence-electron chi connectivity index (χ4n) is 4.99. The van der Waals surface area contributed by atoms with E-state index < -0.39 is 5.60 Å². The van der Waals surface area contributed by atoms with Crippen LogP contribution < -0.4 is 4.74 Å². The van der Waals surface area contributed by atoms with Crippen LogP contribution in [0.25, 0.3) is 11.0 Å². The van der Waals surface area contributed by atoms with Crippen LogP contribution in [0.5, 0.6) is 5.75 Å². The van der Waals surface area contributed by atoms with Crippen molar-refractivity contribution >= 4 is 17.1 Å². The average molecular weight is 502 g/mol. The first-order valence-corrected chi connectivity index (χ1v) is 13.2. The highest BCUT2D eigenvalue weighted by atomic mass is 16.6. The largest absolute Gasteiger partial charge is 0.492 e. The minimum atomic E-state index is -0.457. The molecule has 2 heterocycles. The van der Waals surface area contributed by atoms with Gasteiger partial charge in [-0.25, -0.2) is 4.79 Å². The Balaban J connectivity index is 1.38. The number of piperidine rings is 1. The Bertz CT molecular complexity index is 1030. The molecule has 1 aromatic carbocycles. The lowest BCUT2D eigenvalue weighted by Gasteiger charge is -2.33. The van der Waals surface area contributed by atoms with Gasteiger partial charge in [0.05, 0.1) is 24.5 Å². The summed E-state index contributed by atoms with van der Waals surface area (Å²) in [5.74, 6) is 1.44. The van der Waals surface area contributed by atoms with Crippen molar-refractivity contribution in [1.82, 2.24) is 15.0 Å². The summed E-state index contributed by atoms with van der Waals surface area (Å²) in [4.78, 5) is 16.3. The summed E-state index contributed by atoms with van der Waals surface area (Å²) in [7, 11) is 5.86. The molecule has 2 fully saturated rings. The van der Waals surface area contributed by atoms with Crippen LogP contribution in [0.3, 0.4) is 0 Å². The molecule has 1 aliphatic carbocycles. The van der Waals surface area contributed by atoms with E-state index in [0.29, 0.717) is 12.5 Å². The Morgan fingerprint density at radius 2 is 1.92 bits per heavy atom. The summed E-state index contributed by atoms with van der Waals surface area (Å²) in [6.07, 6.45) is 5.96. The molecule has 0 bridgehead atoms. The first-order valence-electron chi connectivity index (χ1n) is 13.2. The van der Waals surface area contributed by atoms with Gasteiger partial charge in [-0.05, 0) is 91.4 Å². The zero-order valence-corrected chi connectivity index (χ0v) is 22.9. The van der Waals surface area contributed by atoms with Crippen LogP contribution in [-0.4, -0.2) is 74.2 Å². The van der Waals surface area contributed by atoms with E-state index in [1.807, 2.05) is 25.7 Å². The van der Waals surface area contributed by atoms with E-state index in [-0.39, 0.29) is 11.5 Å². The van der Waals surface area contributed by atoms with Crippen molar-refractivity contribution in [2.24, 2.45) is 11.3 Å². The Morgan fingerprint density at radius 3 is 2.53 bits per heavy atom. The van der Waals surface area contributed by atoms with Gasteiger partial charge < -0.3 is 28.5 Å². The zero-order valence-electron chi connectivity index (χ0n) is 22.9. The van der Waals surface area contributed by atoms with E-state index in [4.69, 9.17) is 18.7 Å². The maximum absolute atomic E-state index is 12.3. The predicted octanol–water partition coefficient (Wildman–Crippen LogP) is 5.27. The molecule has 36 heavy (non-hydrogen) atoms. The number of amides is 1. The summed E-state index contributed by atoms with van der Waals surface area (Å²) in [6.45, 7) is 9.34. The number of aryl methyl sites for hydroxylation is 1. The molecule has 1 saturated heterocycles. The molecule has 0 atom stereocenters. The van der Waals surface area contributed by atoms with Crippen molar-refractivity contribution in [1.29, 1.82) is 0 Å². The van der Waals surface area contributed by atoms with Gasteiger partial charge in [-0.1, -0.05) is 5.16 Å². The number of aromatic nitrogens is 1. The molecule has 8 nitrogen and oxygen atoms in total. The zero-order chi connectivity index (χ0) is 25.9. The molecule has 2 aromatic rings. The van der Waals surface area contributed by atoms with Crippen LogP contribution >= 0.6 is 0 Å². The number of hydrogen-bond acceptors (Lipinski definition) is 7. The second-order valence-corrected chi connectivity index (χ2v) is 12.0. The van der Waals surface area contributed by atoms with E-state index >= 15 is 0 Å². The van der Waals surface area contributed by atoms with Gasteiger partial charge in [0.1, 0.15) is 11.4 Å². The third kappa shape index (κ3) is 6.71. The lowest BCUT2D eigenvalue weighted by molar-refractivity contribution is 0.0181. The maximum atomic E-state index is 12.3. The van der Waals surface area contributed by atoms with Crippen molar-refractivity contribution in [3.63, 3.8) is 0 Å². The van der Waals surface area contributed by atoms with Crippen molar-refractivity contribution in [2.75, 3.05) is 47.5 Å². The van der Waals surface area contributed by atoms with Gasteiger partial charge in [-0.15, -0.1) is 0 Å². The van der Waals surface area contributed by atoms with E-state index in [1.54, 1.807) is 7.11 Å². The monoisotopic (exact) mass is 501 g/mol. The van der Waals surface area contributed by atoms with E-state index in [0.717, 1.165) is 92.7 Å². The highest BCUT2D eigenvalue weighted by Crippen LogP contribution is 2.46. The molecule has 1 amide bonds. The van der Waals surface area contributed by atoms with Gasteiger partial charge in [0.15, 0.2) is 5.58 Å². The average Bonchev–Trinajstić information content (AvgIpc) is 3.45. The molecule has 0 spiro atoms. The highest BCUT2D eigenvalue weighted by molar-refractivity contribution is 5.84. The number of ether oxygens (including phenoxy) is 3. The summed E-state index contributed by atoms with van der Waals surface area (Å²) in [5, 5.41) is 5.54. The molecule has 200 valence electrons. The molecular weight excluding hydrogens is 458 g/mol. The predicted molar refractivity (Wildman–Crippen MR) is 139 cm³/mol. The molecule has 0 unspecified atom stereocenters. The quantitative estimate of drug-likeness (QED) is 0.439. The van der Waals surface area contributed by atoms with Crippen LogP contribution in [0, 0.1) is 11.3 Å². The molecule has 1 aliphatic heterocycles. The van der Waals surface area contributed by atoms with Crippen LogP contribution in [0.4, 0.5) is 4.79 Å². The normalized spacial score (nSPS) is 18.1. The summed E-state index contributed by atoms with van der Waals surface area (Å²) >= 11 is 0. The van der Waals surface area contributed by atoms with Crippen LogP contribution in [0.2, 0.25) is 0 Å². The van der Waals surface area contributed by atoms with Crippen LogP contribution in [0.1, 0.15) is 64.1 Å². The first-order chi connectivity index (χ1) is 17.1. The van der Waals surface area contributed by atoms with E-state index in [2.05, 4.69) is 36.3 Å². The van der Waals surface area contributed by atoms with E-state index in [9.17, 15) is 4.79 Å². The van der Waals surface area contributed by atoms with E-state index in [1.165, 1.54) is 0 Å². The second-order valence-electron chi connectivity index (χ2n) is 12.0. The third-order valence-corrected chi connectivity index (χ3v) is 7.25. The molecule has 1 saturated carbocycles. The van der Waals surface area contributed by atoms with Gasteiger partial charge in [0.25, 0.3) is 0 Å². The number of likely N-dealkylation sites (tertiary alicyclic amines) is 1. The molecular formula is C28H43N3O5. The summed E-state index contributed by atoms with van der Waals surface area (Å²) < 4.78 is 23.1. The molecule has 1 aromatic heterocycles. The van der Waals surface area contributed by atoms with Gasteiger partial charge >= 0.3 is 6.09 Å². The van der Waals surface area contributed by atoms with Crippen molar-refractivity contribution in [2.45, 2.75) is 71.4 Å². The van der Waals surface area contributed by atoms with Gasteiger partial charge in [0.2, 0.25) is 0 Å². The SMILES string of the molecule is COCC1(COc2ccc3c(CCC4CCN(C(=O)OC(C)(C)C)CC4)noc3c2CN(C)C)CC1. The van der Waals surface area contributed by atoms with Crippen molar-refractivity contribution in [3.8, 4) is 5.75 Å². The highest BCUT2D eigenvalue weighted by Gasteiger charge is 2.43. The number of nitrogens with zero attached hydrogens (tertiary/aromatic N) is 3. The van der Waals surface area contributed by atoms with Crippen LogP contribution in [0.15, 0.2) is 16.7 Å². The van der Waals surface area contributed by atoms with Gasteiger partial charge in [-0.3, -0.25) is 0 Å². The first kappa shape index (κ1) is 26.7. The second kappa shape index (κ2) is 11.0. The number of methoxy groups -OCH3 is 1. The number of benzene rings is 1. The molecule has 4 rings (SSSR count). The number of hydrogen-bond donors (Lipinski definition) is 0. The summed E-state index contributed by atoms with van der Waals surface area (Å²) in [5.41, 5.74) is 2.58. The Hall–Kier alpha value is -2.32. The Labute approximate surface area is 215 Å². The summed E-state index contributed by atoms with van der Waals surface area (Å²) in [6, 6.07) is 4.17. The minimum Gasteiger partial charge on any atom is -0.492 e. The number of carbonyl (C=O) groups is 1. The van der Waals surface area contributed by atoms with Crippen molar-refractivity contribution in [3.05, 3.63) is 23.4 Å². The minimum absolute atomic E-state index is 0.157. The van der Waals surface area contributed by atoms with Crippen LogP contribution in [-0.2, 0) is 22.4 Å². The molecule has 8 heteroatoms. The lowest BCUT2D eigenvalue weighted by Crippen LogP contribution is -2.41. The molecule has 0 radical (unpaired) electrons. The topological polar surface area (TPSA) is 77.3 Å². The number of carbonyl (C=O) groups excluding carboxylic acids is 1. The fourth-order valence-corrected chi connectivity index (χ4v) is 4.99. The van der Waals surface area contributed by atoms with Crippen molar-refractivity contribution < 1.29 is 23.5 Å². The maximum Gasteiger partial charge on any atom is 0.410 e. The molecule has 0 N–H and O–H groups in total. The smallest absolute Gasteiger partial charge is 0.410 e. The fraction of sp³-hybridized carbons (Fsp3) is 0.714. The van der Waals surface area contributed by atoms with Gasteiger partial charge in [-0.2, -0.15) is 0 Å². The standard InChI is InChI=1S/C28H43N3O5/c1-27(2,3)35-26(32)31-15-11-20(12-16-31)7-9-23-21-8-10-24(34-19-28(13-14-28)18-33-6)22(17-30(4)5)25(21)36-29-23/h8,10,20H,7,9,11-19H2,1-6H3. The van der Waals surface area contributed by atoms with Gasteiger partial charge in [0, 0.05) is 37.5 Å². The number of fused-ring (bicyclic) bond motifs is 1. The lowest BCUT2D eigenvalue weighted by atomic mass is 9.91.